The fraction of sp³-hybridized carbons (Fsp3) is 0.667. The Kier molecular flexibility index (Phi) is 7.12. The minimum atomic E-state index is -0.969. The van der Waals surface area contributed by atoms with Gasteiger partial charge in [0.05, 0.1) is 5.60 Å². The first-order valence-electron chi connectivity index (χ1n) is 9.61. The van der Waals surface area contributed by atoms with Crippen molar-refractivity contribution in [2.75, 3.05) is 20.1 Å². The quantitative estimate of drug-likeness (QED) is 0.785. The van der Waals surface area contributed by atoms with Crippen molar-refractivity contribution in [2.24, 2.45) is 5.92 Å². The van der Waals surface area contributed by atoms with Crippen LogP contribution < -0.4 is 5.32 Å². The summed E-state index contributed by atoms with van der Waals surface area (Å²) in [6.45, 7) is 8.58. The van der Waals surface area contributed by atoms with Gasteiger partial charge in [0.1, 0.15) is 0 Å². The summed E-state index contributed by atoms with van der Waals surface area (Å²) in [4.78, 5) is 14.1. The van der Waals surface area contributed by atoms with Crippen LogP contribution in [-0.2, 0) is 10.4 Å². The molecule has 2 atom stereocenters. The third-order valence-corrected chi connectivity index (χ3v) is 5.85. The highest BCUT2D eigenvalue weighted by Crippen LogP contribution is 2.41. The summed E-state index contributed by atoms with van der Waals surface area (Å²) in [5.74, 6) is 0.136. The van der Waals surface area contributed by atoms with Crippen molar-refractivity contribution < 1.29 is 9.90 Å². The van der Waals surface area contributed by atoms with Gasteiger partial charge in [0.2, 0.25) is 5.91 Å². The average Bonchev–Trinajstić information content (AvgIpc) is 2.60. The van der Waals surface area contributed by atoms with Crippen molar-refractivity contribution in [2.45, 2.75) is 64.0 Å². The molecule has 1 aliphatic heterocycles. The predicted octanol–water partition coefficient (Wildman–Crippen LogP) is 3.95. The van der Waals surface area contributed by atoms with Crippen molar-refractivity contribution >= 4 is 17.5 Å². The standard InChI is InChI=1S/C21H33ClN2O2/c1-20(2,3)24-13-7-9-17(15-24)21(26,12-6-11-19(25)23-4)16-8-5-10-18(22)14-16/h5,8,10,14,17,26H,6-7,9,11-13,15H2,1-4H3,(H,23,25)/t17-,21-/m1/s1. The minimum absolute atomic E-state index is 0.0124. The molecule has 0 saturated carbocycles. The normalized spacial score (nSPS) is 21.2. The number of carbonyl (C=O) groups excluding carboxylic acids is 1. The molecule has 1 aliphatic rings. The Labute approximate surface area is 162 Å². The van der Waals surface area contributed by atoms with Gasteiger partial charge in [-0.2, -0.15) is 0 Å². The molecule has 0 radical (unpaired) electrons. The Morgan fingerprint density at radius 1 is 1.38 bits per heavy atom. The highest BCUT2D eigenvalue weighted by molar-refractivity contribution is 6.30. The van der Waals surface area contributed by atoms with Gasteiger partial charge < -0.3 is 10.4 Å². The van der Waals surface area contributed by atoms with E-state index in [0.29, 0.717) is 24.3 Å². The molecule has 146 valence electrons. The fourth-order valence-electron chi connectivity index (χ4n) is 3.96. The number of piperidine rings is 1. The Morgan fingerprint density at radius 3 is 2.73 bits per heavy atom. The van der Waals surface area contributed by atoms with Gasteiger partial charge >= 0.3 is 0 Å². The van der Waals surface area contributed by atoms with E-state index in [-0.39, 0.29) is 17.4 Å². The first-order valence-corrected chi connectivity index (χ1v) is 9.98. The van der Waals surface area contributed by atoms with Crippen molar-refractivity contribution in [3.8, 4) is 0 Å². The molecule has 1 aromatic rings. The van der Waals surface area contributed by atoms with Gasteiger partial charge in [-0.25, -0.2) is 0 Å². The van der Waals surface area contributed by atoms with E-state index in [1.165, 1.54) is 0 Å². The number of hydrogen-bond acceptors (Lipinski definition) is 3. The predicted molar refractivity (Wildman–Crippen MR) is 107 cm³/mol. The molecule has 2 rings (SSSR count). The van der Waals surface area contributed by atoms with Gasteiger partial charge in [-0.15, -0.1) is 0 Å². The number of likely N-dealkylation sites (tertiary alicyclic amines) is 1. The lowest BCUT2D eigenvalue weighted by Crippen LogP contribution is -2.52. The van der Waals surface area contributed by atoms with Crippen LogP contribution in [0.4, 0.5) is 0 Å². The monoisotopic (exact) mass is 380 g/mol. The van der Waals surface area contributed by atoms with Crippen LogP contribution in [-0.4, -0.2) is 41.6 Å². The topological polar surface area (TPSA) is 52.6 Å². The number of benzene rings is 1. The molecule has 0 unspecified atom stereocenters. The van der Waals surface area contributed by atoms with Gasteiger partial charge in [0.15, 0.2) is 0 Å². The van der Waals surface area contributed by atoms with E-state index < -0.39 is 5.60 Å². The molecule has 4 nitrogen and oxygen atoms in total. The van der Waals surface area contributed by atoms with E-state index >= 15 is 0 Å². The van der Waals surface area contributed by atoms with E-state index in [1.807, 2.05) is 24.3 Å². The second-order valence-electron chi connectivity index (χ2n) is 8.42. The second-order valence-corrected chi connectivity index (χ2v) is 8.85. The lowest BCUT2D eigenvalue weighted by atomic mass is 9.73. The zero-order valence-corrected chi connectivity index (χ0v) is 17.3. The largest absolute Gasteiger partial charge is 0.385 e. The maximum absolute atomic E-state index is 11.8. The van der Waals surface area contributed by atoms with Gasteiger partial charge in [-0.1, -0.05) is 23.7 Å². The maximum atomic E-state index is 11.8. The Balaban J connectivity index is 2.26. The number of hydrogen-bond donors (Lipinski definition) is 2. The number of nitrogens with zero attached hydrogens (tertiary/aromatic N) is 1. The summed E-state index contributed by atoms with van der Waals surface area (Å²) in [5.41, 5.74) is -0.0264. The van der Waals surface area contributed by atoms with E-state index in [9.17, 15) is 9.90 Å². The highest BCUT2D eigenvalue weighted by Gasteiger charge is 2.42. The summed E-state index contributed by atoms with van der Waals surface area (Å²) < 4.78 is 0. The van der Waals surface area contributed by atoms with Crippen LogP contribution in [0.5, 0.6) is 0 Å². The van der Waals surface area contributed by atoms with Gasteiger partial charge in [0.25, 0.3) is 0 Å². The number of halogens is 1. The molecule has 0 spiro atoms. The summed E-state index contributed by atoms with van der Waals surface area (Å²) in [6.07, 6.45) is 3.68. The summed E-state index contributed by atoms with van der Waals surface area (Å²) >= 11 is 6.21. The molecule has 1 saturated heterocycles. The zero-order valence-electron chi connectivity index (χ0n) is 16.5. The molecule has 0 bridgehead atoms. The molecule has 0 aliphatic carbocycles. The van der Waals surface area contributed by atoms with Crippen molar-refractivity contribution in [3.05, 3.63) is 34.9 Å². The van der Waals surface area contributed by atoms with Crippen LogP contribution in [0.15, 0.2) is 24.3 Å². The Bertz CT molecular complexity index is 614. The summed E-state index contributed by atoms with van der Waals surface area (Å²) in [6, 6.07) is 7.56. The second kappa shape index (κ2) is 8.73. The molecule has 5 heteroatoms. The molecule has 1 fully saturated rings. The molecule has 1 aromatic carbocycles. The van der Waals surface area contributed by atoms with Crippen LogP contribution in [0, 0.1) is 5.92 Å². The highest BCUT2D eigenvalue weighted by atomic mass is 35.5. The van der Waals surface area contributed by atoms with E-state index in [2.05, 4.69) is 31.0 Å². The molecule has 1 amide bonds. The average molecular weight is 381 g/mol. The molecular formula is C21H33ClN2O2. The van der Waals surface area contributed by atoms with E-state index in [1.54, 1.807) is 7.05 Å². The Morgan fingerprint density at radius 2 is 2.12 bits per heavy atom. The van der Waals surface area contributed by atoms with Gasteiger partial charge in [-0.05, 0) is 70.7 Å². The SMILES string of the molecule is CNC(=O)CCC[C@@](O)(c1cccc(Cl)c1)[C@@H]1CCCN(C(C)(C)C)C1. The first-order chi connectivity index (χ1) is 12.2. The number of nitrogens with one attached hydrogen (secondary N) is 1. The number of aliphatic hydroxyl groups is 1. The van der Waals surface area contributed by atoms with Crippen molar-refractivity contribution in [1.29, 1.82) is 0 Å². The number of amides is 1. The zero-order chi connectivity index (χ0) is 19.4. The van der Waals surface area contributed by atoms with Gasteiger partial charge in [0, 0.05) is 36.5 Å². The fourth-order valence-corrected chi connectivity index (χ4v) is 4.15. The minimum Gasteiger partial charge on any atom is -0.385 e. The maximum Gasteiger partial charge on any atom is 0.219 e. The van der Waals surface area contributed by atoms with Gasteiger partial charge in [-0.3, -0.25) is 9.69 Å². The van der Waals surface area contributed by atoms with Crippen LogP contribution in [0.25, 0.3) is 0 Å². The van der Waals surface area contributed by atoms with Crippen LogP contribution >= 0.6 is 11.6 Å². The third-order valence-electron chi connectivity index (χ3n) is 5.61. The lowest BCUT2D eigenvalue weighted by molar-refractivity contribution is -0.121. The molecule has 26 heavy (non-hydrogen) atoms. The Hall–Kier alpha value is -1.10. The number of rotatable bonds is 6. The summed E-state index contributed by atoms with van der Waals surface area (Å²) in [7, 11) is 1.65. The third kappa shape index (κ3) is 5.21. The number of carbonyl (C=O) groups is 1. The summed E-state index contributed by atoms with van der Waals surface area (Å²) in [5, 5.41) is 15.1. The van der Waals surface area contributed by atoms with Crippen LogP contribution in [0.2, 0.25) is 5.02 Å². The molecular weight excluding hydrogens is 348 g/mol. The smallest absolute Gasteiger partial charge is 0.219 e. The molecule has 1 heterocycles. The van der Waals surface area contributed by atoms with E-state index in [4.69, 9.17) is 11.6 Å². The van der Waals surface area contributed by atoms with Crippen molar-refractivity contribution in [3.63, 3.8) is 0 Å². The molecule has 0 aromatic heterocycles. The first kappa shape index (κ1) is 21.2. The van der Waals surface area contributed by atoms with Crippen LogP contribution in [0.3, 0.4) is 0 Å². The van der Waals surface area contributed by atoms with E-state index in [0.717, 1.165) is 31.5 Å². The van der Waals surface area contributed by atoms with Crippen LogP contribution in [0.1, 0.15) is 58.4 Å². The van der Waals surface area contributed by atoms with Crippen molar-refractivity contribution in [1.82, 2.24) is 10.2 Å². The molecule has 2 N–H and O–H groups in total. The lowest BCUT2D eigenvalue weighted by Gasteiger charge is -2.47.